The number of esters is 1. The average Bonchev–Trinajstić information content (AvgIpc) is 2.95. The molecule has 0 saturated carbocycles. The summed E-state index contributed by atoms with van der Waals surface area (Å²) in [4.78, 5) is 49.0. The fourth-order valence-corrected chi connectivity index (χ4v) is 6.30. The molecule has 12 heteroatoms. The second-order valence-corrected chi connectivity index (χ2v) is 12.5. The third-order valence-corrected chi connectivity index (χ3v) is 8.74. The molecule has 11 nitrogen and oxygen atoms in total. The molecule has 222 valence electrons. The molecule has 1 fully saturated rings. The Hall–Kier alpha value is -4.16. The summed E-state index contributed by atoms with van der Waals surface area (Å²) in [6.45, 7) is 8.96. The average molecular weight is 594 g/mol. The van der Waals surface area contributed by atoms with Crippen molar-refractivity contribution in [3.8, 4) is 11.4 Å². The molecule has 1 unspecified atom stereocenters. The first-order chi connectivity index (χ1) is 19.9. The number of piperazine rings is 1. The molecular formula is C30H35N5O6S. The van der Waals surface area contributed by atoms with Crippen LogP contribution in [-0.4, -0.2) is 77.7 Å². The highest BCUT2D eigenvalue weighted by atomic mass is 32.2. The van der Waals surface area contributed by atoms with E-state index in [0.29, 0.717) is 22.8 Å². The van der Waals surface area contributed by atoms with E-state index in [-0.39, 0.29) is 54.2 Å². The molecule has 0 radical (unpaired) electrons. The fraction of sp³-hybridized carbons (Fsp3) is 0.367. The third-order valence-electron chi connectivity index (χ3n) is 6.71. The minimum atomic E-state index is -3.87. The molecule has 3 aromatic rings. The Labute approximate surface area is 246 Å². The third kappa shape index (κ3) is 6.82. The molecule has 1 aromatic heterocycles. The lowest BCUT2D eigenvalue weighted by atomic mass is 10.1. The van der Waals surface area contributed by atoms with Crippen molar-refractivity contribution in [2.24, 2.45) is 5.92 Å². The van der Waals surface area contributed by atoms with Gasteiger partial charge in [-0.1, -0.05) is 44.2 Å². The number of nitrogens with zero attached hydrogens (tertiary/aromatic N) is 4. The predicted octanol–water partition coefficient (Wildman–Crippen LogP) is 3.76. The molecule has 2 amide bonds. The van der Waals surface area contributed by atoms with Gasteiger partial charge in [0, 0.05) is 43.9 Å². The zero-order valence-electron chi connectivity index (χ0n) is 24.3. The Bertz CT molecular complexity index is 1580. The number of amides is 2. The zero-order chi connectivity index (χ0) is 30.6. The Morgan fingerprint density at radius 1 is 1.02 bits per heavy atom. The molecule has 1 aliphatic rings. The Morgan fingerprint density at radius 3 is 2.29 bits per heavy atom. The van der Waals surface area contributed by atoms with Crippen molar-refractivity contribution in [2.45, 2.75) is 45.6 Å². The summed E-state index contributed by atoms with van der Waals surface area (Å²) in [5.74, 6) is -1.05. The van der Waals surface area contributed by atoms with Crippen molar-refractivity contribution < 1.29 is 27.5 Å². The minimum absolute atomic E-state index is 0.00213. The minimum Gasteiger partial charge on any atom is -0.462 e. The van der Waals surface area contributed by atoms with E-state index >= 15 is 0 Å². The van der Waals surface area contributed by atoms with E-state index in [1.807, 2.05) is 44.2 Å². The normalized spacial score (nSPS) is 15.9. The topological polar surface area (TPSA) is 139 Å². The number of nitrogens with one attached hydrogen (secondary N) is 1. The summed E-state index contributed by atoms with van der Waals surface area (Å²) >= 11 is 0. The second kappa shape index (κ2) is 12.8. The largest absolute Gasteiger partial charge is 0.462 e. The van der Waals surface area contributed by atoms with E-state index in [9.17, 15) is 22.8 Å². The number of ether oxygens (including phenoxy) is 1. The van der Waals surface area contributed by atoms with Crippen molar-refractivity contribution in [3.63, 3.8) is 0 Å². The molecule has 2 aromatic carbocycles. The van der Waals surface area contributed by atoms with Crippen molar-refractivity contribution in [1.29, 1.82) is 0 Å². The monoisotopic (exact) mass is 593 g/mol. The van der Waals surface area contributed by atoms with Crippen molar-refractivity contribution >= 4 is 33.5 Å². The summed E-state index contributed by atoms with van der Waals surface area (Å²) in [6, 6.07) is 14.5. The highest BCUT2D eigenvalue weighted by Gasteiger charge is 2.37. The van der Waals surface area contributed by atoms with E-state index in [0.717, 1.165) is 0 Å². The SMILES string of the molecule is CC(=O)Nc1ccc(S(=O)(=O)N2CCN(C(=O)c3nc(-c4ccccc4)nc(C)c3C(=O)OCC(C)C)CC2C)cc1. The standard InChI is InChI=1S/C30H35N5O6S/c1-19(2)18-41-30(38)26-21(4)31-28(23-9-7-6-8-10-23)33-27(26)29(37)34-15-16-35(20(3)17-34)42(39,40)25-13-11-24(12-14-25)32-22(5)36/h6-14,19-20H,15-18H2,1-5H3,(H,32,36). The molecule has 4 rings (SSSR count). The molecule has 0 spiro atoms. The molecule has 1 N–H and O–H groups in total. The number of sulfonamides is 1. The van der Waals surface area contributed by atoms with Gasteiger partial charge in [-0.2, -0.15) is 4.31 Å². The van der Waals surface area contributed by atoms with Gasteiger partial charge in [-0.05, 0) is 44.0 Å². The lowest BCUT2D eigenvalue weighted by Crippen LogP contribution is -2.55. The second-order valence-electron chi connectivity index (χ2n) is 10.6. The van der Waals surface area contributed by atoms with Crippen molar-refractivity contribution in [1.82, 2.24) is 19.2 Å². The van der Waals surface area contributed by atoms with Crippen LogP contribution in [0.4, 0.5) is 5.69 Å². The van der Waals surface area contributed by atoms with Gasteiger partial charge in [0.05, 0.1) is 17.2 Å². The molecule has 1 saturated heterocycles. The van der Waals surface area contributed by atoms with Gasteiger partial charge in [-0.15, -0.1) is 0 Å². The summed E-state index contributed by atoms with van der Waals surface area (Å²) in [7, 11) is -3.87. The number of hydrogen-bond donors (Lipinski definition) is 1. The van der Waals surface area contributed by atoms with E-state index in [4.69, 9.17) is 4.74 Å². The van der Waals surface area contributed by atoms with Crippen molar-refractivity contribution in [2.75, 3.05) is 31.6 Å². The van der Waals surface area contributed by atoms with E-state index in [1.54, 1.807) is 13.8 Å². The summed E-state index contributed by atoms with van der Waals surface area (Å²) < 4.78 is 33.7. The van der Waals surface area contributed by atoms with Gasteiger partial charge in [0.2, 0.25) is 15.9 Å². The maximum Gasteiger partial charge on any atom is 0.342 e. The number of anilines is 1. The zero-order valence-corrected chi connectivity index (χ0v) is 25.1. The summed E-state index contributed by atoms with van der Waals surface area (Å²) in [6.07, 6.45) is 0. The predicted molar refractivity (Wildman–Crippen MR) is 157 cm³/mol. The van der Waals surface area contributed by atoms with Crippen LogP contribution in [-0.2, 0) is 19.6 Å². The first-order valence-corrected chi connectivity index (χ1v) is 15.1. The number of aromatic nitrogens is 2. The lowest BCUT2D eigenvalue weighted by Gasteiger charge is -2.39. The highest BCUT2D eigenvalue weighted by molar-refractivity contribution is 7.89. The first-order valence-electron chi connectivity index (χ1n) is 13.7. The Morgan fingerprint density at radius 2 is 1.69 bits per heavy atom. The molecule has 0 bridgehead atoms. The maximum atomic E-state index is 13.9. The fourth-order valence-electron chi connectivity index (χ4n) is 4.68. The van der Waals surface area contributed by atoms with Crippen LogP contribution in [0.25, 0.3) is 11.4 Å². The molecule has 42 heavy (non-hydrogen) atoms. The molecule has 2 heterocycles. The van der Waals surface area contributed by atoms with E-state index in [1.165, 1.54) is 40.4 Å². The van der Waals surface area contributed by atoms with Gasteiger partial charge in [-0.3, -0.25) is 9.59 Å². The number of hydrogen-bond acceptors (Lipinski definition) is 8. The smallest absolute Gasteiger partial charge is 0.342 e. The molecular weight excluding hydrogens is 558 g/mol. The van der Waals surface area contributed by atoms with Gasteiger partial charge in [0.1, 0.15) is 11.3 Å². The van der Waals surface area contributed by atoms with Crippen LogP contribution in [0.1, 0.15) is 54.2 Å². The highest BCUT2D eigenvalue weighted by Crippen LogP contribution is 2.26. The van der Waals surface area contributed by atoms with Crippen LogP contribution in [0.2, 0.25) is 0 Å². The quantitative estimate of drug-likeness (QED) is 0.390. The lowest BCUT2D eigenvalue weighted by molar-refractivity contribution is -0.114. The Kier molecular flexibility index (Phi) is 9.37. The van der Waals surface area contributed by atoms with Gasteiger partial charge < -0.3 is 15.0 Å². The molecule has 1 atom stereocenters. The van der Waals surface area contributed by atoms with Crippen LogP contribution in [0.15, 0.2) is 59.5 Å². The molecule has 1 aliphatic heterocycles. The van der Waals surface area contributed by atoms with Crippen LogP contribution < -0.4 is 5.32 Å². The van der Waals surface area contributed by atoms with Gasteiger partial charge in [-0.25, -0.2) is 23.2 Å². The van der Waals surface area contributed by atoms with Crippen LogP contribution in [0.3, 0.4) is 0 Å². The number of carbonyl (C=O) groups excluding carboxylic acids is 3. The van der Waals surface area contributed by atoms with Gasteiger partial charge in [0.15, 0.2) is 5.82 Å². The van der Waals surface area contributed by atoms with Gasteiger partial charge in [0.25, 0.3) is 5.91 Å². The van der Waals surface area contributed by atoms with Crippen molar-refractivity contribution in [3.05, 3.63) is 71.5 Å². The summed E-state index contributed by atoms with van der Waals surface area (Å²) in [5, 5.41) is 2.61. The summed E-state index contributed by atoms with van der Waals surface area (Å²) in [5.41, 5.74) is 1.42. The van der Waals surface area contributed by atoms with Crippen LogP contribution in [0, 0.1) is 12.8 Å². The Balaban J connectivity index is 1.61. The number of aryl methyl sites for hydroxylation is 1. The first kappa shape index (κ1) is 30.8. The van der Waals surface area contributed by atoms with E-state index in [2.05, 4.69) is 15.3 Å². The van der Waals surface area contributed by atoms with Crippen LogP contribution in [0.5, 0.6) is 0 Å². The molecule has 0 aliphatic carbocycles. The van der Waals surface area contributed by atoms with Gasteiger partial charge >= 0.3 is 5.97 Å². The maximum absolute atomic E-state index is 13.9. The number of benzene rings is 2. The number of rotatable bonds is 8. The number of carbonyl (C=O) groups is 3. The van der Waals surface area contributed by atoms with Crippen LogP contribution >= 0.6 is 0 Å². The van der Waals surface area contributed by atoms with E-state index < -0.39 is 27.9 Å².